The van der Waals surface area contributed by atoms with E-state index < -0.39 is 0 Å². The third-order valence-electron chi connectivity index (χ3n) is 3.23. The van der Waals surface area contributed by atoms with Crippen molar-refractivity contribution in [2.75, 3.05) is 0 Å². The highest BCUT2D eigenvalue weighted by molar-refractivity contribution is 5.93. The van der Waals surface area contributed by atoms with E-state index in [4.69, 9.17) is 0 Å². The summed E-state index contributed by atoms with van der Waals surface area (Å²) < 4.78 is 0. The molecule has 17 heavy (non-hydrogen) atoms. The lowest BCUT2D eigenvalue weighted by atomic mass is 9.80. The Hall–Kier alpha value is -1.18. The first-order valence-electron chi connectivity index (χ1n) is 6.26. The highest BCUT2D eigenvalue weighted by atomic mass is 16.1. The number of hydrogen-bond acceptors (Lipinski definition) is 2. The SMILES string of the molecule is CC(C)=CC(=O)C1C/C=C(/C)CC(=O)C[C@@H]1C. The van der Waals surface area contributed by atoms with Gasteiger partial charge in [-0.25, -0.2) is 0 Å². The summed E-state index contributed by atoms with van der Waals surface area (Å²) in [6.07, 6.45) is 5.60. The van der Waals surface area contributed by atoms with Crippen molar-refractivity contribution in [1.29, 1.82) is 0 Å². The Morgan fingerprint density at radius 2 is 2.06 bits per heavy atom. The molecule has 0 aromatic heterocycles. The van der Waals surface area contributed by atoms with Crippen molar-refractivity contribution >= 4 is 11.6 Å². The van der Waals surface area contributed by atoms with Gasteiger partial charge in [0.2, 0.25) is 0 Å². The van der Waals surface area contributed by atoms with Crippen molar-refractivity contribution in [2.45, 2.75) is 47.0 Å². The van der Waals surface area contributed by atoms with Gasteiger partial charge in [-0.05, 0) is 39.2 Å². The van der Waals surface area contributed by atoms with Crippen LogP contribution in [-0.2, 0) is 9.59 Å². The lowest BCUT2D eigenvalue weighted by Crippen LogP contribution is -2.24. The average Bonchev–Trinajstić information content (AvgIpc) is 2.13. The molecule has 2 nitrogen and oxygen atoms in total. The Labute approximate surface area is 104 Å². The molecule has 2 heteroatoms. The Morgan fingerprint density at radius 1 is 1.41 bits per heavy atom. The summed E-state index contributed by atoms with van der Waals surface area (Å²) in [5.41, 5.74) is 2.12. The summed E-state index contributed by atoms with van der Waals surface area (Å²) in [5.74, 6) is 0.524. The van der Waals surface area contributed by atoms with Crippen molar-refractivity contribution in [2.24, 2.45) is 11.8 Å². The molecule has 2 atom stereocenters. The predicted molar refractivity (Wildman–Crippen MR) is 69.7 cm³/mol. The lowest BCUT2D eigenvalue weighted by Gasteiger charge is -2.22. The maximum atomic E-state index is 12.1. The third-order valence-corrected chi connectivity index (χ3v) is 3.23. The molecule has 0 aromatic carbocycles. The molecular weight excluding hydrogens is 212 g/mol. The fraction of sp³-hybridized carbons (Fsp3) is 0.600. The number of carbonyl (C=O) groups excluding carboxylic acids is 2. The zero-order valence-corrected chi connectivity index (χ0v) is 11.2. The fourth-order valence-corrected chi connectivity index (χ4v) is 2.31. The van der Waals surface area contributed by atoms with Crippen molar-refractivity contribution in [3.05, 3.63) is 23.3 Å². The largest absolute Gasteiger partial charge is 0.299 e. The summed E-state index contributed by atoms with van der Waals surface area (Å²) in [7, 11) is 0. The van der Waals surface area contributed by atoms with E-state index >= 15 is 0 Å². The summed E-state index contributed by atoms with van der Waals surface area (Å²) in [5, 5.41) is 0. The molecule has 0 aliphatic heterocycles. The van der Waals surface area contributed by atoms with E-state index in [1.807, 2.05) is 27.7 Å². The first kappa shape index (κ1) is 13.9. The molecule has 1 aliphatic carbocycles. The minimum Gasteiger partial charge on any atom is -0.299 e. The van der Waals surface area contributed by atoms with Crippen LogP contribution in [0.1, 0.15) is 47.0 Å². The van der Waals surface area contributed by atoms with Crippen LogP contribution in [0.15, 0.2) is 23.3 Å². The molecule has 0 saturated heterocycles. The molecule has 94 valence electrons. The zero-order chi connectivity index (χ0) is 13.0. The van der Waals surface area contributed by atoms with Gasteiger partial charge in [-0.3, -0.25) is 9.59 Å². The van der Waals surface area contributed by atoms with E-state index in [9.17, 15) is 9.59 Å². The van der Waals surface area contributed by atoms with Crippen LogP contribution in [0.25, 0.3) is 0 Å². The maximum absolute atomic E-state index is 12.1. The van der Waals surface area contributed by atoms with E-state index in [1.165, 1.54) is 0 Å². The Bertz CT molecular complexity index is 370. The second kappa shape index (κ2) is 5.95. The fourth-order valence-electron chi connectivity index (χ4n) is 2.31. The van der Waals surface area contributed by atoms with Crippen LogP contribution in [-0.4, -0.2) is 11.6 Å². The molecule has 0 fully saturated rings. The van der Waals surface area contributed by atoms with Crippen molar-refractivity contribution in [1.82, 2.24) is 0 Å². The first-order valence-corrected chi connectivity index (χ1v) is 6.26. The second-order valence-electron chi connectivity index (χ2n) is 5.41. The number of allylic oxidation sites excluding steroid dienone is 4. The molecule has 1 rings (SSSR count). The van der Waals surface area contributed by atoms with Crippen molar-refractivity contribution < 1.29 is 9.59 Å². The van der Waals surface area contributed by atoms with Crippen molar-refractivity contribution in [3.8, 4) is 0 Å². The molecule has 0 spiro atoms. The van der Waals surface area contributed by atoms with Gasteiger partial charge < -0.3 is 0 Å². The summed E-state index contributed by atoms with van der Waals surface area (Å²) in [4.78, 5) is 23.8. The zero-order valence-electron chi connectivity index (χ0n) is 11.2. The van der Waals surface area contributed by atoms with Gasteiger partial charge >= 0.3 is 0 Å². The van der Waals surface area contributed by atoms with Gasteiger partial charge in [0.15, 0.2) is 5.78 Å². The molecule has 0 radical (unpaired) electrons. The van der Waals surface area contributed by atoms with Gasteiger partial charge in [-0.1, -0.05) is 24.1 Å². The van der Waals surface area contributed by atoms with Gasteiger partial charge in [-0.2, -0.15) is 0 Å². The van der Waals surface area contributed by atoms with Crippen LogP contribution in [0.5, 0.6) is 0 Å². The van der Waals surface area contributed by atoms with Crippen LogP contribution in [0.3, 0.4) is 0 Å². The normalized spacial score (nSPS) is 28.7. The van der Waals surface area contributed by atoms with E-state index in [1.54, 1.807) is 6.08 Å². The highest BCUT2D eigenvalue weighted by Crippen LogP contribution is 2.26. The van der Waals surface area contributed by atoms with Crippen LogP contribution in [0.2, 0.25) is 0 Å². The van der Waals surface area contributed by atoms with E-state index in [0.717, 1.165) is 17.6 Å². The van der Waals surface area contributed by atoms with Gasteiger partial charge in [0.25, 0.3) is 0 Å². The van der Waals surface area contributed by atoms with Gasteiger partial charge in [0.05, 0.1) is 0 Å². The molecule has 0 bridgehead atoms. The van der Waals surface area contributed by atoms with Crippen molar-refractivity contribution in [3.63, 3.8) is 0 Å². The Kier molecular flexibility index (Phi) is 4.86. The first-order chi connectivity index (χ1) is 7.90. The lowest BCUT2D eigenvalue weighted by molar-refractivity contribution is -0.122. The average molecular weight is 234 g/mol. The molecule has 1 aliphatic rings. The molecule has 0 aromatic rings. The maximum Gasteiger partial charge on any atom is 0.159 e. The summed E-state index contributed by atoms with van der Waals surface area (Å²) in [6, 6.07) is 0. The van der Waals surface area contributed by atoms with Gasteiger partial charge in [0.1, 0.15) is 5.78 Å². The topological polar surface area (TPSA) is 34.1 Å². The molecule has 0 heterocycles. The smallest absolute Gasteiger partial charge is 0.159 e. The standard InChI is InChI=1S/C15H22O2/c1-10(2)7-15(17)14-6-5-11(3)8-13(16)9-12(14)4/h5,7,12,14H,6,8-9H2,1-4H3/b11-5-/t12-,14?/m0/s1. The molecule has 0 N–H and O–H groups in total. The van der Waals surface area contributed by atoms with Crippen LogP contribution >= 0.6 is 0 Å². The highest BCUT2D eigenvalue weighted by Gasteiger charge is 2.26. The minimum absolute atomic E-state index is 0.0379. The van der Waals surface area contributed by atoms with Crippen LogP contribution < -0.4 is 0 Å². The number of Topliss-reactive ketones (excluding diaryl/α,β-unsaturated/α-hetero) is 1. The van der Waals surface area contributed by atoms with Crippen LogP contribution in [0.4, 0.5) is 0 Å². The predicted octanol–water partition coefficient (Wildman–Crippen LogP) is 3.47. The Morgan fingerprint density at radius 3 is 2.65 bits per heavy atom. The molecule has 1 unspecified atom stereocenters. The third kappa shape index (κ3) is 4.29. The number of rotatable bonds is 2. The van der Waals surface area contributed by atoms with Crippen LogP contribution in [0, 0.1) is 11.8 Å². The Balaban J connectivity index is 2.89. The number of carbonyl (C=O) groups is 2. The number of ketones is 2. The monoisotopic (exact) mass is 234 g/mol. The number of hydrogen-bond donors (Lipinski definition) is 0. The van der Waals surface area contributed by atoms with Gasteiger partial charge in [-0.15, -0.1) is 0 Å². The second-order valence-corrected chi connectivity index (χ2v) is 5.41. The summed E-state index contributed by atoms with van der Waals surface area (Å²) in [6.45, 7) is 7.83. The molecule has 0 amide bonds. The van der Waals surface area contributed by atoms with E-state index in [-0.39, 0.29) is 23.4 Å². The quantitative estimate of drug-likeness (QED) is 0.541. The van der Waals surface area contributed by atoms with E-state index in [2.05, 4.69) is 6.08 Å². The molecule has 0 saturated carbocycles. The van der Waals surface area contributed by atoms with E-state index in [0.29, 0.717) is 12.8 Å². The summed E-state index contributed by atoms with van der Waals surface area (Å²) >= 11 is 0. The minimum atomic E-state index is -0.0379. The van der Waals surface area contributed by atoms with Gasteiger partial charge in [0, 0.05) is 18.8 Å². The molecular formula is C15H22O2.